The Morgan fingerprint density at radius 3 is 1.67 bits per heavy atom. The Morgan fingerprint density at radius 2 is 1.42 bits per heavy atom. The van der Waals surface area contributed by atoms with Gasteiger partial charge in [-0.1, -0.05) is 7.43 Å². The van der Waals surface area contributed by atoms with Crippen molar-refractivity contribution in [3.05, 3.63) is 0 Å². The first-order chi connectivity index (χ1) is 5.20. The summed E-state index contributed by atoms with van der Waals surface area (Å²) in [4.78, 5) is 21.0. The summed E-state index contributed by atoms with van der Waals surface area (Å²) >= 11 is 1.17. The van der Waals surface area contributed by atoms with Gasteiger partial charge in [-0.05, 0) is 0 Å². The second kappa shape index (κ2) is 8.39. The summed E-state index contributed by atoms with van der Waals surface area (Å²) in [6.07, 6.45) is 0. The van der Waals surface area contributed by atoms with Crippen molar-refractivity contribution in [1.82, 2.24) is 0 Å². The average Bonchev–Trinajstić information content (AvgIpc) is 2.04. The van der Waals surface area contributed by atoms with Crippen molar-refractivity contribution in [2.45, 2.75) is 7.43 Å². The van der Waals surface area contributed by atoms with Crippen LogP contribution in [0.25, 0.3) is 0 Å². The normalized spacial score (nSPS) is 8.17. The average molecular weight is 194 g/mol. The van der Waals surface area contributed by atoms with E-state index in [1.807, 2.05) is 0 Å². The Bertz CT molecular complexity index is 130. The first-order valence-corrected chi connectivity index (χ1v) is 4.07. The van der Waals surface area contributed by atoms with Gasteiger partial charge in [-0.3, -0.25) is 9.59 Å². The van der Waals surface area contributed by atoms with Gasteiger partial charge in [-0.2, -0.15) is 0 Å². The Kier molecular flexibility index (Phi) is 9.68. The van der Waals surface area contributed by atoms with Crippen molar-refractivity contribution >= 4 is 23.7 Å². The minimum Gasteiger partial charge on any atom is -0.468 e. The molecule has 0 heterocycles. The number of carbonyl (C=O) groups excluding carboxylic acids is 2. The van der Waals surface area contributed by atoms with Crippen molar-refractivity contribution in [3.63, 3.8) is 0 Å². The summed E-state index contributed by atoms with van der Waals surface area (Å²) in [7, 11) is 2.61. The number of thioether (sulfide) groups is 1. The zero-order chi connectivity index (χ0) is 8.69. The molecule has 0 radical (unpaired) electrons. The van der Waals surface area contributed by atoms with Crippen LogP contribution in [0.1, 0.15) is 7.43 Å². The molecule has 72 valence electrons. The fourth-order valence-electron chi connectivity index (χ4n) is 0.336. The Balaban J connectivity index is 0. The van der Waals surface area contributed by atoms with E-state index in [1.165, 1.54) is 26.0 Å². The van der Waals surface area contributed by atoms with Crippen molar-refractivity contribution in [2.24, 2.45) is 0 Å². The van der Waals surface area contributed by atoms with E-state index in [0.717, 1.165) is 0 Å². The molecule has 0 spiro atoms. The van der Waals surface area contributed by atoms with Gasteiger partial charge in [0, 0.05) is 0 Å². The number of methoxy groups -OCH3 is 2. The van der Waals surface area contributed by atoms with Crippen LogP contribution in [-0.2, 0) is 19.1 Å². The molecule has 0 fully saturated rings. The van der Waals surface area contributed by atoms with Crippen LogP contribution in [0.15, 0.2) is 0 Å². The third-order valence-electron chi connectivity index (χ3n) is 0.895. The van der Waals surface area contributed by atoms with Gasteiger partial charge in [-0.25, -0.2) is 0 Å². The van der Waals surface area contributed by atoms with E-state index < -0.39 is 0 Å². The van der Waals surface area contributed by atoms with E-state index in [9.17, 15) is 9.59 Å². The zero-order valence-corrected chi connectivity index (χ0v) is 7.27. The van der Waals surface area contributed by atoms with Gasteiger partial charge >= 0.3 is 11.9 Å². The highest BCUT2D eigenvalue weighted by molar-refractivity contribution is 8.00. The van der Waals surface area contributed by atoms with Crippen molar-refractivity contribution in [1.29, 1.82) is 0 Å². The number of carbonyl (C=O) groups is 2. The number of rotatable bonds is 4. The highest BCUT2D eigenvalue weighted by Crippen LogP contribution is 2.00. The molecule has 0 amide bonds. The highest BCUT2D eigenvalue weighted by Gasteiger charge is 2.03. The number of hydrogen-bond acceptors (Lipinski definition) is 5. The van der Waals surface area contributed by atoms with E-state index in [1.54, 1.807) is 0 Å². The molecule has 12 heavy (non-hydrogen) atoms. The molecule has 0 aliphatic rings. The molecule has 0 bridgehead atoms. The molecule has 0 rings (SSSR count). The van der Waals surface area contributed by atoms with Crippen LogP contribution in [-0.4, -0.2) is 37.7 Å². The molecular formula is C7H14O4S. The minimum atomic E-state index is -0.334. The zero-order valence-electron chi connectivity index (χ0n) is 6.46. The molecule has 4 nitrogen and oxygen atoms in total. The first-order valence-electron chi connectivity index (χ1n) is 2.92. The summed E-state index contributed by atoms with van der Waals surface area (Å²) in [6, 6.07) is 0. The minimum absolute atomic E-state index is 0. The maximum Gasteiger partial charge on any atom is 0.315 e. The second-order valence-electron chi connectivity index (χ2n) is 1.65. The summed E-state index contributed by atoms with van der Waals surface area (Å²) in [5, 5.41) is 0. The Morgan fingerprint density at radius 1 is 1.08 bits per heavy atom. The lowest BCUT2D eigenvalue weighted by Crippen LogP contribution is -2.08. The summed E-state index contributed by atoms with van der Waals surface area (Å²) in [6.45, 7) is 0. The lowest BCUT2D eigenvalue weighted by Gasteiger charge is -1.97. The van der Waals surface area contributed by atoms with E-state index in [0.29, 0.717) is 0 Å². The van der Waals surface area contributed by atoms with Gasteiger partial charge in [0.2, 0.25) is 0 Å². The molecule has 0 aliphatic carbocycles. The highest BCUT2D eigenvalue weighted by atomic mass is 32.2. The molecule has 0 aromatic rings. The van der Waals surface area contributed by atoms with E-state index in [2.05, 4.69) is 9.47 Å². The number of esters is 2. The van der Waals surface area contributed by atoms with E-state index in [4.69, 9.17) is 0 Å². The van der Waals surface area contributed by atoms with Gasteiger partial charge in [0.15, 0.2) is 0 Å². The van der Waals surface area contributed by atoms with Crippen molar-refractivity contribution in [2.75, 3.05) is 25.7 Å². The van der Waals surface area contributed by atoms with Crippen molar-refractivity contribution < 1.29 is 19.1 Å². The molecule has 0 saturated heterocycles. The molecule has 0 unspecified atom stereocenters. The lowest BCUT2D eigenvalue weighted by atomic mass is 10.8. The van der Waals surface area contributed by atoms with Crippen LogP contribution in [0.2, 0.25) is 0 Å². The fraction of sp³-hybridized carbons (Fsp3) is 0.714. The summed E-state index contributed by atoms with van der Waals surface area (Å²) in [5.41, 5.74) is 0. The predicted molar refractivity (Wildman–Crippen MR) is 48.1 cm³/mol. The summed E-state index contributed by atoms with van der Waals surface area (Å²) < 4.78 is 8.71. The van der Waals surface area contributed by atoms with Gasteiger partial charge in [0.05, 0.1) is 25.7 Å². The molecule has 0 atom stereocenters. The second-order valence-corrected chi connectivity index (χ2v) is 2.63. The largest absolute Gasteiger partial charge is 0.468 e. The predicted octanol–water partition coefficient (Wildman–Crippen LogP) is 0.702. The van der Waals surface area contributed by atoms with Crippen LogP contribution in [0.3, 0.4) is 0 Å². The van der Waals surface area contributed by atoms with Crippen LogP contribution in [0.5, 0.6) is 0 Å². The van der Waals surface area contributed by atoms with Gasteiger partial charge in [0.25, 0.3) is 0 Å². The van der Waals surface area contributed by atoms with Crippen LogP contribution in [0, 0.1) is 0 Å². The van der Waals surface area contributed by atoms with Gasteiger partial charge in [0.1, 0.15) is 0 Å². The molecule has 0 saturated carbocycles. The molecule has 0 N–H and O–H groups in total. The quantitative estimate of drug-likeness (QED) is 0.617. The Hall–Kier alpha value is -0.710. The smallest absolute Gasteiger partial charge is 0.315 e. The van der Waals surface area contributed by atoms with Crippen molar-refractivity contribution in [3.8, 4) is 0 Å². The first kappa shape index (κ1) is 13.9. The van der Waals surface area contributed by atoms with Crippen LogP contribution in [0.4, 0.5) is 0 Å². The number of hydrogen-bond donors (Lipinski definition) is 0. The maximum atomic E-state index is 10.5. The summed E-state index contributed by atoms with van der Waals surface area (Å²) in [5.74, 6) is -0.296. The molecule has 0 aromatic heterocycles. The fourth-order valence-corrected chi connectivity index (χ4v) is 1.01. The lowest BCUT2D eigenvalue weighted by molar-refractivity contribution is -0.137. The van der Waals surface area contributed by atoms with Crippen LogP contribution < -0.4 is 0 Å². The third-order valence-corrected chi connectivity index (χ3v) is 1.77. The maximum absolute atomic E-state index is 10.5. The van der Waals surface area contributed by atoms with Gasteiger partial charge < -0.3 is 9.47 Å². The number of ether oxygens (including phenoxy) is 2. The standard InChI is InChI=1S/C6H10O4S.CH4/c1-9-5(7)3-11-4-6(8)10-2;/h3-4H2,1-2H3;1H4. The van der Waals surface area contributed by atoms with E-state index >= 15 is 0 Å². The molecule has 5 heteroatoms. The topological polar surface area (TPSA) is 52.6 Å². The van der Waals surface area contributed by atoms with Crippen LogP contribution >= 0.6 is 11.8 Å². The molecule has 0 aromatic carbocycles. The Labute approximate surface area is 76.6 Å². The third kappa shape index (κ3) is 7.40. The molecule has 0 aliphatic heterocycles. The SMILES string of the molecule is C.COC(=O)CSCC(=O)OC. The van der Waals surface area contributed by atoms with Gasteiger partial charge in [-0.15, -0.1) is 11.8 Å². The monoisotopic (exact) mass is 194 g/mol. The van der Waals surface area contributed by atoms with E-state index in [-0.39, 0.29) is 30.9 Å². The molecular weight excluding hydrogens is 180 g/mol.